The number of aromatic nitrogens is 2. The van der Waals surface area contributed by atoms with Crippen LogP contribution in [0.5, 0.6) is 0 Å². The van der Waals surface area contributed by atoms with Crippen LogP contribution in [-0.4, -0.2) is 45.3 Å². The Kier molecular flexibility index (Phi) is 5.23. The van der Waals surface area contributed by atoms with E-state index in [0.29, 0.717) is 5.69 Å². The van der Waals surface area contributed by atoms with Crippen molar-refractivity contribution < 1.29 is 9.90 Å². The zero-order valence-corrected chi connectivity index (χ0v) is 15.3. The maximum atomic E-state index is 12.4. The summed E-state index contributed by atoms with van der Waals surface area (Å²) in [5.74, 6) is 0.174. The number of rotatable bonds is 5. The summed E-state index contributed by atoms with van der Waals surface area (Å²) in [4.78, 5) is 18.3. The van der Waals surface area contributed by atoms with Crippen molar-refractivity contribution in [3.8, 4) is 5.69 Å². The maximum Gasteiger partial charge on any atom is 0.321 e. The van der Waals surface area contributed by atoms with Gasteiger partial charge in [-0.05, 0) is 42.3 Å². The number of hydrogen-bond acceptors (Lipinski definition) is 3. The van der Waals surface area contributed by atoms with Crippen LogP contribution in [0.1, 0.15) is 13.8 Å². The molecule has 0 unspecified atom stereocenters. The fourth-order valence-electron chi connectivity index (χ4n) is 3.01. The summed E-state index contributed by atoms with van der Waals surface area (Å²) in [5, 5.41) is 12.4. The van der Waals surface area contributed by atoms with Crippen molar-refractivity contribution in [2.45, 2.75) is 19.9 Å². The first-order chi connectivity index (χ1) is 12.5. The lowest BCUT2D eigenvalue weighted by molar-refractivity contribution is 0.131. The summed E-state index contributed by atoms with van der Waals surface area (Å²) in [5.41, 5.74) is 3.65. The van der Waals surface area contributed by atoms with Gasteiger partial charge in [-0.3, -0.25) is 4.57 Å². The Morgan fingerprint density at radius 2 is 1.88 bits per heavy atom. The third kappa shape index (κ3) is 3.55. The Morgan fingerprint density at radius 1 is 1.19 bits per heavy atom. The van der Waals surface area contributed by atoms with Crippen LogP contribution in [0.4, 0.5) is 10.5 Å². The Bertz CT molecular complexity index is 886. The molecule has 1 atom stereocenters. The van der Waals surface area contributed by atoms with Gasteiger partial charge in [-0.25, -0.2) is 9.78 Å². The van der Waals surface area contributed by atoms with E-state index in [-0.39, 0.29) is 24.6 Å². The first kappa shape index (κ1) is 17.9. The van der Waals surface area contributed by atoms with Gasteiger partial charge in [-0.2, -0.15) is 0 Å². The number of urea groups is 1. The Labute approximate surface area is 153 Å². The third-order valence-electron chi connectivity index (χ3n) is 4.62. The highest BCUT2D eigenvalue weighted by Crippen LogP contribution is 2.20. The fourth-order valence-corrected chi connectivity index (χ4v) is 3.01. The second-order valence-corrected chi connectivity index (χ2v) is 6.69. The fraction of sp³-hybridized carbons (Fsp3) is 0.300. The molecule has 2 amide bonds. The molecule has 1 aromatic heterocycles. The molecular formula is C20H24N4O2. The van der Waals surface area contributed by atoms with Crippen LogP contribution in [0, 0.1) is 5.92 Å². The summed E-state index contributed by atoms with van der Waals surface area (Å²) < 4.78 is 2.01. The zero-order valence-electron chi connectivity index (χ0n) is 15.3. The van der Waals surface area contributed by atoms with Gasteiger partial charge in [0.2, 0.25) is 0 Å². The van der Waals surface area contributed by atoms with Crippen molar-refractivity contribution in [1.29, 1.82) is 0 Å². The predicted molar refractivity (Wildman–Crippen MR) is 104 cm³/mol. The van der Waals surface area contributed by atoms with Crippen LogP contribution in [0.2, 0.25) is 0 Å². The number of nitrogens with zero attached hydrogens (tertiary/aromatic N) is 3. The molecule has 0 aliphatic heterocycles. The largest absolute Gasteiger partial charge is 0.394 e. The average molecular weight is 352 g/mol. The number of anilines is 1. The average Bonchev–Trinajstić information content (AvgIpc) is 3.06. The number of fused-ring (bicyclic) bond motifs is 1. The molecule has 0 saturated carbocycles. The molecule has 0 saturated heterocycles. The van der Waals surface area contributed by atoms with E-state index in [4.69, 9.17) is 0 Å². The highest BCUT2D eigenvalue weighted by atomic mass is 16.3. The van der Waals surface area contributed by atoms with E-state index in [1.54, 1.807) is 18.3 Å². The normalized spacial score (nSPS) is 12.3. The zero-order chi connectivity index (χ0) is 18.7. The van der Waals surface area contributed by atoms with Gasteiger partial charge in [0.15, 0.2) is 0 Å². The SMILES string of the molecule is CC(C)[C@@H](CO)N(C)C(=O)Nc1ccc(-n2cnc3ccccc32)cc1. The van der Waals surface area contributed by atoms with Crippen LogP contribution in [-0.2, 0) is 0 Å². The molecule has 0 aliphatic rings. The molecule has 136 valence electrons. The van der Waals surface area contributed by atoms with E-state index < -0.39 is 0 Å². The molecule has 6 nitrogen and oxygen atoms in total. The Hall–Kier alpha value is -2.86. The second-order valence-electron chi connectivity index (χ2n) is 6.69. The lowest BCUT2D eigenvalue weighted by Gasteiger charge is -2.29. The summed E-state index contributed by atoms with van der Waals surface area (Å²) in [6, 6.07) is 15.1. The smallest absolute Gasteiger partial charge is 0.321 e. The summed E-state index contributed by atoms with van der Waals surface area (Å²) in [6.45, 7) is 3.90. The molecule has 6 heteroatoms. The van der Waals surface area contributed by atoms with Gasteiger partial charge in [0, 0.05) is 18.4 Å². The minimum Gasteiger partial charge on any atom is -0.394 e. The number of aliphatic hydroxyl groups is 1. The monoisotopic (exact) mass is 352 g/mol. The maximum absolute atomic E-state index is 12.4. The van der Waals surface area contributed by atoms with E-state index in [0.717, 1.165) is 16.7 Å². The quantitative estimate of drug-likeness (QED) is 0.738. The standard InChI is InChI=1S/C20H24N4O2/c1-14(2)19(12-25)23(3)20(26)22-15-8-10-16(11-9-15)24-13-21-17-6-4-5-7-18(17)24/h4-11,13-14,19,25H,12H2,1-3H3,(H,22,26)/t19-/m1/s1. The van der Waals surface area contributed by atoms with Crippen molar-refractivity contribution in [2.75, 3.05) is 19.0 Å². The van der Waals surface area contributed by atoms with E-state index in [1.165, 1.54) is 0 Å². The van der Waals surface area contributed by atoms with Gasteiger partial charge < -0.3 is 15.3 Å². The summed E-state index contributed by atoms with van der Waals surface area (Å²) in [7, 11) is 1.70. The molecular weight excluding hydrogens is 328 g/mol. The number of benzene rings is 2. The molecule has 3 aromatic rings. The van der Waals surface area contributed by atoms with Crippen molar-refractivity contribution in [1.82, 2.24) is 14.5 Å². The number of para-hydroxylation sites is 2. The van der Waals surface area contributed by atoms with E-state index in [9.17, 15) is 9.90 Å². The van der Waals surface area contributed by atoms with Gasteiger partial charge in [-0.15, -0.1) is 0 Å². The van der Waals surface area contributed by atoms with Gasteiger partial charge in [0.1, 0.15) is 6.33 Å². The molecule has 3 rings (SSSR count). The van der Waals surface area contributed by atoms with Crippen LogP contribution in [0.15, 0.2) is 54.9 Å². The first-order valence-electron chi connectivity index (χ1n) is 8.68. The Balaban J connectivity index is 1.75. The Morgan fingerprint density at radius 3 is 2.54 bits per heavy atom. The third-order valence-corrected chi connectivity index (χ3v) is 4.62. The molecule has 0 radical (unpaired) electrons. The number of nitrogens with one attached hydrogen (secondary N) is 1. The van der Waals surface area contributed by atoms with Crippen LogP contribution >= 0.6 is 0 Å². The number of imidazole rings is 1. The number of likely N-dealkylation sites (N-methyl/N-ethyl adjacent to an activating group) is 1. The molecule has 26 heavy (non-hydrogen) atoms. The number of carbonyl (C=O) groups is 1. The number of aliphatic hydroxyl groups excluding tert-OH is 1. The van der Waals surface area contributed by atoms with Gasteiger partial charge in [-0.1, -0.05) is 26.0 Å². The van der Waals surface area contributed by atoms with Crippen molar-refractivity contribution in [3.63, 3.8) is 0 Å². The lowest BCUT2D eigenvalue weighted by atomic mass is 10.0. The van der Waals surface area contributed by atoms with Crippen LogP contribution < -0.4 is 5.32 Å². The predicted octanol–water partition coefficient (Wildman–Crippen LogP) is 3.51. The number of amides is 2. The molecule has 0 fully saturated rings. The van der Waals surface area contributed by atoms with E-state index >= 15 is 0 Å². The topological polar surface area (TPSA) is 70.4 Å². The highest BCUT2D eigenvalue weighted by molar-refractivity contribution is 5.89. The molecule has 2 aromatic carbocycles. The minimum absolute atomic E-state index is 0.0613. The molecule has 0 spiro atoms. The molecule has 0 bridgehead atoms. The lowest BCUT2D eigenvalue weighted by Crippen LogP contribution is -2.44. The van der Waals surface area contributed by atoms with Crippen molar-refractivity contribution >= 4 is 22.8 Å². The minimum atomic E-state index is -0.237. The highest BCUT2D eigenvalue weighted by Gasteiger charge is 2.22. The van der Waals surface area contributed by atoms with E-state index in [1.807, 2.05) is 66.9 Å². The van der Waals surface area contributed by atoms with Crippen LogP contribution in [0.3, 0.4) is 0 Å². The van der Waals surface area contributed by atoms with Gasteiger partial charge in [0.25, 0.3) is 0 Å². The van der Waals surface area contributed by atoms with Crippen LogP contribution in [0.25, 0.3) is 16.7 Å². The molecule has 0 aliphatic carbocycles. The van der Waals surface area contributed by atoms with Gasteiger partial charge >= 0.3 is 6.03 Å². The first-order valence-corrected chi connectivity index (χ1v) is 8.68. The summed E-state index contributed by atoms with van der Waals surface area (Å²) in [6.07, 6.45) is 1.79. The number of hydrogen-bond donors (Lipinski definition) is 2. The van der Waals surface area contributed by atoms with E-state index in [2.05, 4.69) is 10.3 Å². The van der Waals surface area contributed by atoms with Crippen molar-refractivity contribution in [3.05, 3.63) is 54.9 Å². The summed E-state index contributed by atoms with van der Waals surface area (Å²) >= 11 is 0. The molecule has 1 heterocycles. The number of carbonyl (C=O) groups excluding carboxylic acids is 1. The van der Waals surface area contributed by atoms with Gasteiger partial charge in [0.05, 0.1) is 23.7 Å². The van der Waals surface area contributed by atoms with Crippen molar-refractivity contribution in [2.24, 2.45) is 5.92 Å². The second kappa shape index (κ2) is 7.58. The molecule has 2 N–H and O–H groups in total.